The molecule has 3 aliphatic rings. The van der Waals surface area contributed by atoms with Gasteiger partial charge in [0, 0.05) is 41.6 Å². The van der Waals surface area contributed by atoms with Crippen LogP contribution in [-0.2, 0) is 29.1 Å². The van der Waals surface area contributed by atoms with E-state index in [0.29, 0.717) is 18.6 Å². The van der Waals surface area contributed by atoms with E-state index < -0.39 is 68.0 Å². The van der Waals surface area contributed by atoms with Crippen LogP contribution in [0.5, 0.6) is 5.75 Å². The highest BCUT2D eigenvalue weighted by atomic mass is 32.2. The summed E-state index contributed by atoms with van der Waals surface area (Å²) in [6, 6.07) is 3.44. The van der Waals surface area contributed by atoms with Gasteiger partial charge in [0.2, 0.25) is 21.8 Å². The number of nitrogens with zero attached hydrogens (tertiary/aromatic N) is 2. The summed E-state index contributed by atoms with van der Waals surface area (Å²) in [4.78, 5) is 59.5. The summed E-state index contributed by atoms with van der Waals surface area (Å²) in [6.45, 7) is 9.40. The SMILES string of the molecule is C=C[C@H]1C[C@]1(NC(=O)[C@@H]1C[C@@H](COc2ccnc(-c3ccsc3)c2)CN1C(=O)[C@@H](NC(=O)OC)C(C)(C)C)C(=O)NS(=O)(=O)C1CC1. The molecule has 5 rings (SSSR count). The molecule has 2 aromatic heterocycles. The van der Waals surface area contributed by atoms with Crippen molar-refractivity contribution < 1.29 is 37.1 Å². The maximum Gasteiger partial charge on any atom is 0.407 e. The van der Waals surface area contributed by atoms with E-state index in [1.165, 1.54) is 18.1 Å². The molecule has 0 radical (unpaired) electrons. The molecule has 3 fully saturated rings. The lowest BCUT2D eigenvalue weighted by Crippen LogP contribution is -2.60. The molecule has 0 bridgehead atoms. The number of hydrogen-bond acceptors (Lipinski definition) is 10. The molecule has 1 aliphatic heterocycles. The van der Waals surface area contributed by atoms with E-state index in [0.717, 1.165) is 11.3 Å². The predicted octanol–water partition coefficient (Wildman–Crippen LogP) is 2.85. The molecule has 2 saturated carbocycles. The number of nitrogens with one attached hydrogen (secondary N) is 3. The van der Waals surface area contributed by atoms with Crippen LogP contribution in [0.15, 0.2) is 47.8 Å². The van der Waals surface area contributed by atoms with Gasteiger partial charge in [-0.25, -0.2) is 13.2 Å². The summed E-state index contributed by atoms with van der Waals surface area (Å²) >= 11 is 1.56. The molecular weight excluding hydrogens is 647 g/mol. The molecule has 0 aromatic carbocycles. The minimum Gasteiger partial charge on any atom is -0.493 e. The van der Waals surface area contributed by atoms with E-state index in [1.54, 1.807) is 44.4 Å². The van der Waals surface area contributed by atoms with Gasteiger partial charge in [0.05, 0.1) is 24.7 Å². The van der Waals surface area contributed by atoms with Crippen LogP contribution in [-0.4, -0.2) is 85.3 Å². The second-order valence-electron chi connectivity index (χ2n) is 13.4. The summed E-state index contributed by atoms with van der Waals surface area (Å²) in [7, 11) is -2.67. The molecule has 3 N–H and O–H groups in total. The molecule has 0 spiro atoms. The first-order valence-corrected chi connectivity index (χ1v) is 17.9. The Morgan fingerprint density at radius 2 is 1.98 bits per heavy atom. The zero-order chi connectivity index (χ0) is 34.1. The van der Waals surface area contributed by atoms with Crippen molar-refractivity contribution in [3.63, 3.8) is 0 Å². The number of carbonyl (C=O) groups excluding carboxylic acids is 4. The summed E-state index contributed by atoms with van der Waals surface area (Å²) in [5, 5.41) is 8.70. The number of pyridine rings is 1. The molecule has 47 heavy (non-hydrogen) atoms. The first-order valence-electron chi connectivity index (χ1n) is 15.5. The van der Waals surface area contributed by atoms with Crippen LogP contribution in [0.1, 0.15) is 46.5 Å². The highest BCUT2D eigenvalue weighted by molar-refractivity contribution is 7.91. The molecule has 0 unspecified atom stereocenters. The van der Waals surface area contributed by atoms with Crippen molar-refractivity contribution in [1.82, 2.24) is 25.2 Å². The fourth-order valence-corrected chi connectivity index (χ4v) is 7.84. The van der Waals surface area contributed by atoms with Gasteiger partial charge in [-0.15, -0.1) is 6.58 Å². The average Bonchev–Trinajstić information content (AvgIpc) is 3.89. The third-order valence-electron chi connectivity index (χ3n) is 8.82. The van der Waals surface area contributed by atoms with Gasteiger partial charge in [-0.2, -0.15) is 11.3 Å². The molecule has 2 aliphatic carbocycles. The van der Waals surface area contributed by atoms with Crippen LogP contribution in [0.3, 0.4) is 0 Å². The Balaban J connectivity index is 1.36. The summed E-state index contributed by atoms with van der Waals surface area (Å²) in [5.41, 5.74) is -0.549. The zero-order valence-corrected chi connectivity index (χ0v) is 28.5. The Labute approximate surface area is 278 Å². The summed E-state index contributed by atoms with van der Waals surface area (Å²) in [5.74, 6) is -2.14. The van der Waals surface area contributed by atoms with E-state index in [2.05, 4.69) is 26.9 Å². The standard InChI is InChI=1S/C32H41N5O8S2/c1-6-21-15-32(21,29(40)36-47(42,43)23-7-8-23)35-27(38)25-13-19(16-37(25)28(39)26(31(2,3)4)34-30(41)44-5)17-45-22-9-11-33-24(14-22)20-10-12-46-18-20/h6,9-12,14,18-19,21,23,25-26H,1,7-8,13,15-17H2,2-5H3,(H,34,41)(H,35,38)(H,36,40)/t19-,21+,25+,26-,32-/m1/s1. The van der Waals surface area contributed by atoms with Crippen molar-refractivity contribution >= 4 is 45.2 Å². The lowest BCUT2D eigenvalue weighted by molar-refractivity contribution is -0.142. The Bertz CT molecular complexity index is 1640. The van der Waals surface area contributed by atoms with E-state index in [9.17, 15) is 27.6 Å². The van der Waals surface area contributed by atoms with Gasteiger partial charge in [0.1, 0.15) is 23.4 Å². The van der Waals surface area contributed by atoms with Crippen molar-refractivity contribution in [3.8, 4) is 17.0 Å². The Morgan fingerprint density at radius 1 is 1.23 bits per heavy atom. The Kier molecular flexibility index (Phi) is 9.69. The molecule has 2 aromatic rings. The van der Waals surface area contributed by atoms with Crippen molar-refractivity contribution in [1.29, 1.82) is 0 Å². The summed E-state index contributed by atoms with van der Waals surface area (Å²) in [6.07, 6.45) is 3.67. The maximum atomic E-state index is 14.1. The smallest absolute Gasteiger partial charge is 0.407 e. The fraction of sp³-hybridized carbons (Fsp3) is 0.531. The van der Waals surface area contributed by atoms with Crippen LogP contribution in [0, 0.1) is 17.3 Å². The predicted molar refractivity (Wildman–Crippen MR) is 175 cm³/mol. The highest BCUT2D eigenvalue weighted by Gasteiger charge is 2.62. The van der Waals surface area contributed by atoms with Gasteiger partial charge >= 0.3 is 6.09 Å². The molecule has 15 heteroatoms. The number of likely N-dealkylation sites (tertiary alicyclic amines) is 1. The number of aromatic nitrogens is 1. The van der Waals surface area contributed by atoms with E-state index in [1.807, 2.05) is 22.9 Å². The van der Waals surface area contributed by atoms with Crippen LogP contribution >= 0.6 is 11.3 Å². The van der Waals surface area contributed by atoms with Crippen LogP contribution in [0.25, 0.3) is 11.3 Å². The van der Waals surface area contributed by atoms with Gasteiger partial charge in [0.25, 0.3) is 5.91 Å². The van der Waals surface area contributed by atoms with Crippen molar-refractivity contribution in [3.05, 3.63) is 47.8 Å². The van der Waals surface area contributed by atoms with E-state index in [4.69, 9.17) is 9.47 Å². The van der Waals surface area contributed by atoms with Crippen molar-refractivity contribution in [2.75, 3.05) is 20.3 Å². The number of sulfonamides is 1. The van der Waals surface area contributed by atoms with Gasteiger partial charge in [-0.05, 0) is 48.6 Å². The average molecular weight is 688 g/mol. The second kappa shape index (κ2) is 13.3. The summed E-state index contributed by atoms with van der Waals surface area (Å²) < 4.78 is 38.2. The third-order valence-corrected chi connectivity index (χ3v) is 11.3. The minimum atomic E-state index is -3.86. The molecular formula is C32H41N5O8S2. The number of alkyl carbamates (subject to hydrolysis) is 1. The number of carbonyl (C=O) groups is 4. The van der Waals surface area contributed by atoms with Crippen molar-refractivity contribution in [2.45, 2.75) is 69.3 Å². The van der Waals surface area contributed by atoms with Crippen LogP contribution < -0.4 is 20.1 Å². The molecule has 5 atom stereocenters. The van der Waals surface area contributed by atoms with Gasteiger partial charge in [-0.3, -0.25) is 24.1 Å². The van der Waals surface area contributed by atoms with Gasteiger partial charge < -0.3 is 25.0 Å². The largest absolute Gasteiger partial charge is 0.493 e. The lowest BCUT2D eigenvalue weighted by Gasteiger charge is -2.35. The normalized spacial score (nSPS) is 24.5. The molecule has 3 heterocycles. The molecule has 13 nitrogen and oxygen atoms in total. The molecule has 254 valence electrons. The topological polar surface area (TPSA) is 173 Å². The second-order valence-corrected chi connectivity index (χ2v) is 16.2. The lowest BCUT2D eigenvalue weighted by atomic mass is 9.85. The monoisotopic (exact) mass is 687 g/mol. The fourth-order valence-electron chi connectivity index (χ4n) is 5.83. The molecule has 4 amide bonds. The third kappa shape index (κ3) is 7.61. The van der Waals surface area contributed by atoms with Crippen LogP contribution in [0.4, 0.5) is 4.79 Å². The first kappa shape index (κ1) is 34.4. The van der Waals surface area contributed by atoms with Crippen molar-refractivity contribution in [2.24, 2.45) is 17.3 Å². The quantitative estimate of drug-likeness (QED) is 0.284. The van der Waals surface area contributed by atoms with E-state index >= 15 is 0 Å². The number of hydrogen-bond donors (Lipinski definition) is 3. The number of amides is 4. The van der Waals surface area contributed by atoms with E-state index in [-0.39, 0.29) is 31.9 Å². The number of rotatable bonds is 12. The van der Waals surface area contributed by atoms with Gasteiger partial charge in [0.15, 0.2) is 0 Å². The van der Waals surface area contributed by atoms with Crippen LogP contribution in [0.2, 0.25) is 0 Å². The first-order chi connectivity index (χ1) is 22.2. The number of methoxy groups -OCH3 is 1. The molecule has 1 saturated heterocycles. The number of ether oxygens (including phenoxy) is 2. The maximum absolute atomic E-state index is 14.1. The highest BCUT2D eigenvalue weighted by Crippen LogP contribution is 2.45. The van der Waals surface area contributed by atoms with Gasteiger partial charge in [-0.1, -0.05) is 26.8 Å². The zero-order valence-electron chi connectivity index (χ0n) is 26.9. The Morgan fingerprint density at radius 3 is 2.57 bits per heavy atom. The number of thiophene rings is 1. The Hall–Kier alpha value is -3.98. The minimum absolute atomic E-state index is 0.134.